The molecular formula is C28H31NO3. The van der Waals surface area contributed by atoms with Crippen molar-refractivity contribution in [2.75, 3.05) is 13.2 Å². The fourth-order valence-electron chi connectivity index (χ4n) is 4.94. The molecule has 166 valence electrons. The molecule has 0 radical (unpaired) electrons. The minimum atomic E-state index is -0.551. The summed E-state index contributed by atoms with van der Waals surface area (Å²) in [6, 6.07) is 31.6. The Labute approximate surface area is 190 Å². The Morgan fingerprint density at radius 2 is 1.41 bits per heavy atom. The molecule has 0 aromatic heterocycles. The summed E-state index contributed by atoms with van der Waals surface area (Å²) in [5.41, 5.74) is 3.61. The van der Waals surface area contributed by atoms with Crippen LogP contribution in [0.15, 0.2) is 91.0 Å². The van der Waals surface area contributed by atoms with Crippen molar-refractivity contribution in [3.63, 3.8) is 0 Å². The second-order valence-corrected chi connectivity index (χ2v) is 9.16. The zero-order valence-corrected chi connectivity index (χ0v) is 18.8. The van der Waals surface area contributed by atoms with E-state index in [0.717, 1.165) is 24.2 Å². The van der Waals surface area contributed by atoms with Crippen molar-refractivity contribution < 1.29 is 14.2 Å². The first kappa shape index (κ1) is 21.4. The molecule has 5 rings (SSSR count). The van der Waals surface area contributed by atoms with Gasteiger partial charge in [-0.05, 0) is 30.5 Å². The van der Waals surface area contributed by atoms with E-state index in [1.54, 1.807) is 0 Å². The predicted molar refractivity (Wildman–Crippen MR) is 125 cm³/mol. The van der Waals surface area contributed by atoms with E-state index in [9.17, 15) is 0 Å². The Balaban J connectivity index is 1.38. The van der Waals surface area contributed by atoms with Gasteiger partial charge >= 0.3 is 0 Å². The molecule has 0 amide bonds. The molecule has 2 aliphatic heterocycles. The largest absolute Gasteiger partial charge is 0.367 e. The van der Waals surface area contributed by atoms with E-state index in [2.05, 4.69) is 83.8 Å². The molecule has 2 saturated heterocycles. The summed E-state index contributed by atoms with van der Waals surface area (Å²) in [7, 11) is 0. The van der Waals surface area contributed by atoms with Crippen molar-refractivity contribution in [1.82, 2.24) is 4.90 Å². The Bertz CT molecular complexity index is 953. The van der Waals surface area contributed by atoms with Crippen LogP contribution < -0.4 is 0 Å². The Morgan fingerprint density at radius 1 is 0.844 bits per heavy atom. The molecule has 3 atom stereocenters. The number of fused-ring (bicyclic) bond motifs is 1. The monoisotopic (exact) mass is 429 g/mol. The molecule has 3 aromatic carbocycles. The van der Waals surface area contributed by atoms with E-state index in [0.29, 0.717) is 6.61 Å². The van der Waals surface area contributed by atoms with Crippen molar-refractivity contribution in [3.05, 3.63) is 108 Å². The van der Waals surface area contributed by atoms with Gasteiger partial charge in [-0.15, -0.1) is 0 Å². The number of hydrogen-bond acceptors (Lipinski definition) is 4. The minimum absolute atomic E-state index is 0.000842. The average Bonchev–Trinajstić information content (AvgIpc) is 3.27. The van der Waals surface area contributed by atoms with E-state index in [-0.39, 0.29) is 24.4 Å². The van der Waals surface area contributed by atoms with Gasteiger partial charge in [-0.25, -0.2) is 0 Å². The van der Waals surface area contributed by atoms with Gasteiger partial charge < -0.3 is 14.2 Å². The second kappa shape index (κ2) is 9.16. The number of benzene rings is 3. The van der Waals surface area contributed by atoms with E-state index >= 15 is 0 Å². The minimum Gasteiger partial charge on any atom is -0.367 e. The average molecular weight is 430 g/mol. The van der Waals surface area contributed by atoms with E-state index < -0.39 is 5.79 Å². The molecule has 0 unspecified atom stereocenters. The van der Waals surface area contributed by atoms with Gasteiger partial charge in [0.15, 0.2) is 5.79 Å². The number of rotatable bonds is 7. The molecule has 2 fully saturated rings. The third-order valence-electron chi connectivity index (χ3n) is 6.35. The summed E-state index contributed by atoms with van der Waals surface area (Å²) < 4.78 is 19.2. The maximum Gasteiger partial charge on any atom is 0.163 e. The van der Waals surface area contributed by atoms with Crippen LogP contribution in [0.3, 0.4) is 0 Å². The lowest BCUT2D eigenvalue weighted by atomic mass is 10.0. The summed E-state index contributed by atoms with van der Waals surface area (Å²) in [4.78, 5) is 2.45. The summed E-state index contributed by atoms with van der Waals surface area (Å²) in [5.74, 6) is -0.551. The molecule has 0 bridgehead atoms. The molecular weight excluding hydrogens is 398 g/mol. The van der Waals surface area contributed by atoms with Crippen molar-refractivity contribution >= 4 is 0 Å². The molecule has 0 aliphatic carbocycles. The van der Waals surface area contributed by atoms with Crippen LogP contribution in [-0.2, 0) is 20.8 Å². The second-order valence-electron chi connectivity index (χ2n) is 9.16. The van der Waals surface area contributed by atoms with Crippen molar-refractivity contribution in [2.24, 2.45) is 0 Å². The Kier molecular flexibility index (Phi) is 6.11. The molecule has 4 nitrogen and oxygen atoms in total. The van der Waals surface area contributed by atoms with Crippen molar-refractivity contribution in [2.45, 2.75) is 50.5 Å². The van der Waals surface area contributed by atoms with Gasteiger partial charge in [-0.1, -0.05) is 91.0 Å². The van der Waals surface area contributed by atoms with E-state index in [1.165, 1.54) is 5.56 Å². The smallest absolute Gasteiger partial charge is 0.163 e. The van der Waals surface area contributed by atoms with Gasteiger partial charge in [-0.3, -0.25) is 4.90 Å². The van der Waals surface area contributed by atoms with Gasteiger partial charge in [0.2, 0.25) is 0 Å². The number of hydrogen-bond donors (Lipinski definition) is 0. The Hall–Kier alpha value is -2.50. The van der Waals surface area contributed by atoms with Gasteiger partial charge in [0.05, 0.1) is 12.6 Å². The fourth-order valence-corrected chi connectivity index (χ4v) is 4.94. The molecule has 0 saturated carbocycles. The van der Waals surface area contributed by atoms with Crippen LogP contribution in [0, 0.1) is 0 Å². The first-order valence-corrected chi connectivity index (χ1v) is 11.4. The summed E-state index contributed by atoms with van der Waals surface area (Å²) in [6.45, 7) is 6.28. The zero-order valence-electron chi connectivity index (χ0n) is 18.8. The molecule has 2 heterocycles. The maximum absolute atomic E-state index is 6.67. The number of likely N-dealkylation sites (tertiary alicyclic amines) is 1. The maximum atomic E-state index is 6.67. The van der Waals surface area contributed by atoms with E-state index in [4.69, 9.17) is 14.2 Å². The highest BCUT2D eigenvalue weighted by molar-refractivity contribution is 5.30. The molecule has 2 aliphatic rings. The molecule has 32 heavy (non-hydrogen) atoms. The number of ether oxygens (including phenoxy) is 3. The van der Waals surface area contributed by atoms with Crippen LogP contribution in [-0.4, -0.2) is 42.1 Å². The van der Waals surface area contributed by atoms with Gasteiger partial charge in [0, 0.05) is 13.1 Å². The lowest BCUT2D eigenvalue weighted by Gasteiger charge is -2.31. The molecule has 4 heteroatoms. The Morgan fingerprint density at radius 3 is 2.00 bits per heavy atom. The summed E-state index contributed by atoms with van der Waals surface area (Å²) in [6.07, 6.45) is -0.0551. The molecule has 3 aromatic rings. The first-order chi connectivity index (χ1) is 15.6. The van der Waals surface area contributed by atoms with Crippen LogP contribution in [0.25, 0.3) is 0 Å². The van der Waals surface area contributed by atoms with Crippen LogP contribution in [0.4, 0.5) is 0 Å². The zero-order chi connectivity index (χ0) is 22.0. The van der Waals surface area contributed by atoms with E-state index in [1.807, 2.05) is 26.0 Å². The topological polar surface area (TPSA) is 30.9 Å². The van der Waals surface area contributed by atoms with Crippen molar-refractivity contribution in [3.8, 4) is 0 Å². The summed E-state index contributed by atoms with van der Waals surface area (Å²) >= 11 is 0. The van der Waals surface area contributed by atoms with Crippen molar-refractivity contribution in [1.29, 1.82) is 0 Å². The number of nitrogens with zero attached hydrogens (tertiary/aromatic N) is 1. The highest BCUT2D eigenvalue weighted by Gasteiger charge is 2.52. The standard InChI is InChI=1S/C28H31NO3/c1-28(2)31-25-19-29(18-21-12-6-3-7-13-21)24(27(25)32-28)20-30-26(22-14-8-4-9-15-22)23-16-10-5-11-17-23/h3-17,24-27H,18-20H2,1-2H3/t24-,25-,27+/m0/s1. The van der Waals surface area contributed by atoms with Gasteiger partial charge in [0.25, 0.3) is 0 Å². The van der Waals surface area contributed by atoms with Crippen LogP contribution >= 0.6 is 0 Å². The normalized spacial score (nSPS) is 24.7. The first-order valence-electron chi connectivity index (χ1n) is 11.4. The lowest BCUT2D eigenvalue weighted by Crippen LogP contribution is -2.41. The highest BCUT2D eigenvalue weighted by atomic mass is 16.8. The van der Waals surface area contributed by atoms with Crippen LogP contribution in [0.1, 0.15) is 36.6 Å². The van der Waals surface area contributed by atoms with Crippen LogP contribution in [0.5, 0.6) is 0 Å². The molecule has 0 N–H and O–H groups in total. The summed E-state index contributed by atoms with van der Waals surface area (Å²) in [5, 5.41) is 0. The SMILES string of the molecule is CC1(C)O[C@H]2[C@H](CN(Cc3ccccc3)[C@H]2COC(c2ccccc2)c2ccccc2)O1. The van der Waals surface area contributed by atoms with Gasteiger partial charge in [-0.2, -0.15) is 0 Å². The third-order valence-corrected chi connectivity index (χ3v) is 6.35. The fraction of sp³-hybridized carbons (Fsp3) is 0.357. The quantitative estimate of drug-likeness (QED) is 0.517. The predicted octanol–water partition coefficient (Wildman–Crippen LogP) is 5.20. The van der Waals surface area contributed by atoms with Crippen LogP contribution in [0.2, 0.25) is 0 Å². The molecule has 0 spiro atoms. The highest BCUT2D eigenvalue weighted by Crippen LogP contribution is 2.38. The third kappa shape index (κ3) is 4.64. The lowest BCUT2D eigenvalue weighted by molar-refractivity contribution is -0.165. The van der Waals surface area contributed by atoms with Gasteiger partial charge in [0.1, 0.15) is 18.3 Å².